The Morgan fingerprint density at radius 3 is 2.37 bits per heavy atom. The van der Waals surface area contributed by atoms with Crippen LogP contribution in [0.4, 0.5) is 0 Å². The van der Waals surface area contributed by atoms with Gasteiger partial charge in [0.1, 0.15) is 0 Å². The fourth-order valence-electron chi connectivity index (χ4n) is 3.22. The molecule has 2 fully saturated rings. The number of halogens is 1. The second-order valence-electron chi connectivity index (χ2n) is 6.18. The van der Waals surface area contributed by atoms with Crippen LogP contribution in [0, 0.1) is 12.8 Å². The summed E-state index contributed by atoms with van der Waals surface area (Å²) in [5, 5.41) is 0. The molecule has 0 aliphatic carbocycles. The first-order valence-corrected chi connectivity index (χ1v) is 8.37. The Kier molecular flexibility index (Phi) is 4.44. The van der Waals surface area contributed by atoms with Crippen molar-refractivity contribution in [2.45, 2.75) is 25.7 Å². The van der Waals surface area contributed by atoms with Crippen LogP contribution in [-0.4, -0.2) is 40.7 Å². The van der Waals surface area contributed by atoms with E-state index >= 15 is 0 Å². The molecule has 2 nitrogen and oxygen atoms in total. The van der Waals surface area contributed by atoms with Crippen LogP contribution in [0.25, 0.3) is 0 Å². The summed E-state index contributed by atoms with van der Waals surface area (Å²) in [5.41, 5.74) is 2.90. The van der Waals surface area contributed by atoms with Crippen LogP contribution < -0.4 is 0 Å². The minimum absolute atomic E-state index is 0.783. The van der Waals surface area contributed by atoms with Crippen molar-refractivity contribution in [3.05, 3.63) is 35.4 Å². The normalized spacial score (nSPS) is 23.5. The lowest BCUT2D eigenvalue weighted by Gasteiger charge is -2.42. The molecular weight excluding hydrogens is 347 g/mol. The van der Waals surface area contributed by atoms with Crippen LogP contribution in [0.5, 0.6) is 0 Å². The summed E-state index contributed by atoms with van der Waals surface area (Å²) in [7, 11) is 0. The van der Waals surface area contributed by atoms with E-state index in [1.54, 1.807) is 0 Å². The summed E-state index contributed by atoms with van der Waals surface area (Å²) in [6, 6.07) is 9.11. The smallest absolute Gasteiger partial charge is 0.0201 e. The first kappa shape index (κ1) is 13.8. The largest absolute Gasteiger partial charge is 0.302 e. The first-order chi connectivity index (χ1) is 9.20. The van der Waals surface area contributed by atoms with Gasteiger partial charge in [0.2, 0.25) is 0 Å². The standard InChI is InChI=1S/C16H23IN2/c1-13-2-4-15(5-3-13)16-11-18(12-16)10-14-6-8-19(17)9-7-14/h2-5,14,16H,6-12H2,1H3. The minimum atomic E-state index is 0.783. The van der Waals surface area contributed by atoms with Gasteiger partial charge in [-0.3, -0.25) is 0 Å². The molecule has 0 spiro atoms. The molecule has 2 aliphatic rings. The molecule has 104 valence electrons. The zero-order valence-corrected chi connectivity index (χ0v) is 13.8. The van der Waals surface area contributed by atoms with Crippen molar-refractivity contribution in [1.29, 1.82) is 0 Å². The van der Waals surface area contributed by atoms with Gasteiger partial charge in [-0.15, -0.1) is 0 Å². The summed E-state index contributed by atoms with van der Waals surface area (Å²) in [4.78, 5) is 2.65. The third-order valence-electron chi connectivity index (χ3n) is 4.58. The maximum Gasteiger partial charge on any atom is 0.0201 e. The van der Waals surface area contributed by atoms with E-state index in [1.807, 2.05) is 0 Å². The molecule has 2 aliphatic heterocycles. The summed E-state index contributed by atoms with van der Waals surface area (Å²) in [6.45, 7) is 8.59. The highest BCUT2D eigenvalue weighted by Crippen LogP contribution is 2.30. The molecule has 0 unspecified atom stereocenters. The van der Waals surface area contributed by atoms with Gasteiger partial charge in [-0.1, -0.05) is 29.8 Å². The van der Waals surface area contributed by atoms with Gasteiger partial charge in [-0.25, -0.2) is 3.11 Å². The summed E-state index contributed by atoms with van der Waals surface area (Å²) in [6.07, 6.45) is 2.77. The average molecular weight is 370 g/mol. The molecule has 0 N–H and O–H groups in total. The second kappa shape index (κ2) is 6.10. The number of aryl methyl sites for hydroxylation is 1. The van der Waals surface area contributed by atoms with Gasteiger partial charge in [-0.2, -0.15) is 0 Å². The molecule has 1 aromatic carbocycles. The number of rotatable bonds is 3. The monoisotopic (exact) mass is 370 g/mol. The lowest BCUT2D eigenvalue weighted by molar-refractivity contribution is 0.108. The van der Waals surface area contributed by atoms with E-state index in [0.29, 0.717) is 0 Å². The molecule has 3 rings (SSSR count). The lowest BCUT2D eigenvalue weighted by atomic mass is 9.88. The quantitative estimate of drug-likeness (QED) is 0.594. The SMILES string of the molecule is Cc1ccc(C2CN(CC3CCN(I)CC3)C2)cc1. The number of hydrogen-bond donors (Lipinski definition) is 0. The maximum atomic E-state index is 2.65. The van der Waals surface area contributed by atoms with Gasteiger partial charge >= 0.3 is 0 Å². The molecule has 0 saturated carbocycles. The van der Waals surface area contributed by atoms with E-state index in [2.05, 4.69) is 62.1 Å². The topological polar surface area (TPSA) is 6.48 Å². The third kappa shape index (κ3) is 3.50. The highest BCUT2D eigenvalue weighted by Gasteiger charge is 2.30. The van der Waals surface area contributed by atoms with E-state index in [9.17, 15) is 0 Å². The van der Waals surface area contributed by atoms with Crippen molar-refractivity contribution >= 4 is 22.9 Å². The number of nitrogens with zero attached hydrogens (tertiary/aromatic N) is 2. The van der Waals surface area contributed by atoms with E-state index < -0.39 is 0 Å². The molecule has 3 heteroatoms. The molecule has 0 aromatic heterocycles. The Hall–Kier alpha value is -0.130. The molecule has 2 saturated heterocycles. The number of likely N-dealkylation sites (tertiary alicyclic amines) is 1. The van der Waals surface area contributed by atoms with E-state index in [-0.39, 0.29) is 0 Å². The van der Waals surface area contributed by atoms with Crippen LogP contribution in [0.15, 0.2) is 24.3 Å². The average Bonchev–Trinajstić information content (AvgIpc) is 2.37. The van der Waals surface area contributed by atoms with Crippen molar-refractivity contribution in [1.82, 2.24) is 8.01 Å². The molecule has 0 atom stereocenters. The predicted octanol–water partition coefficient (Wildman–Crippen LogP) is 3.46. The summed E-state index contributed by atoms with van der Waals surface area (Å²) >= 11 is 2.46. The van der Waals surface area contributed by atoms with Crippen molar-refractivity contribution in [2.75, 3.05) is 32.7 Å². The van der Waals surface area contributed by atoms with E-state index in [1.165, 1.54) is 56.7 Å². The van der Waals surface area contributed by atoms with E-state index in [4.69, 9.17) is 0 Å². The van der Waals surface area contributed by atoms with Crippen molar-refractivity contribution in [2.24, 2.45) is 5.92 Å². The van der Waals surface area contributed by atoms with Gasteiger partial charge in [0.15, 0.2) is 0 Å². The van der Waals surface area contributed by atoms with Gasteiger partial charge in [0.05, 0.1) is 0 Å². The van der Waals surface area contributed by atoms with Crippen LogP contribution in [0.1, 0.15) is 29.9 Å². The summed E-state index contributed by atoms with van der Waals surface area (Å²) in [5.74, 6) is 1.72. The fourth-order valence-corrected chi connectivity index (χ4v) is 3.77. The molecule has 2 heterocycles. The Bertz CT molecular complexity index is 403. The molecule has 0 bridgehead atoms. The predicted molar refractivity (Wildman–Crippen MR) is 88.7 cm³/mol. The zero-order valence-electron chi connectivity index (χ0n) is 11.7. The van der Waals surface area contributed by atoms with Gasteiger partial charge in [0, 0.05) is 61.5 Å². The van der Waals surface area contributed by atoms with Gasteiger partial charge in [-0.05, 0) is 31.2 Å². The highest BCUT2D eigenvalue weighted by molar-refractivity contribution is 14.1. The molecular formula is C16H23IN2. The molecule has 1 aromatic rings. The van der Waals surface area contributed by atoms with Gasteiger partial charge < -0.3 is 4.90 Å². The minimum Gasteiger partial charge on any atom is -0.302 e. The Morgan fingerprint density at radius 2 is 1.74 bits per heavy atom. The van der Waals surface area contributed by atoms with Gasteiger partial charge in [0.25, 0.3) is 0 Å². The third-order valence-corrected chi connectivity index (χ3v) is 5.55. The zero-order chi connectivity index (χ0) is 13.2. The lowest BCUT2D eigenvalue weighted by Crippen LogP contribution is -2.48. The fraction of sp³-hybridized carbons (Fsp3) is 0.625. The Morgan fingerprint density at radius 1 is 1.11 bits per heavy atom. The highest BCUT2D eigenvalue weighted by atomic mass is 127. The summed E-state index contributed by atoms with van der Waals surface area (Å²) < 4.78 is 2.43. The number of piperidine rings is 1. The second-order valence-corrected chi connectivity index (χ2v) is 7.54. The van der Waals surface area contributed by atoms with Crippen molar-refractivity contribution < 1.29 is 0 Å². The molecule has 0 amide bonds. The van der Waals surface area contributed by atoms with Crippen molar-refractivity contribution in [3.63, 3.8) is 0 Å². The van der Waals surface area contributed by atoms with Crippen molar-refractivity contribution in [3.8, 4) is 0 Å². The Labute approximate surface area is 130 Å². The van der Waals surface area contributed by atoms with Crippen LogP contribution >= 0.6 is 22.9 Å². The molecule has 19 heavy (non-hydrogen) atoms. The first-order valence-electron chi connectivity index (χ1n) is 7.40. The van der Waals surface area contributed by atoms with Crippen LogP contribution in [0.2, 0.25) is 0 Å². The molecule has 0 radical (unpaired) electrons. The number of hydrogen-bond acceptors (Lipinski definition) is 2. The number of benzene rings is 1. The van der Waals surface area contributed by atoms with Crippen LogP contribution in [-0.2, 0) is 0 Å². The Balaban J connectivity index is 1.44. The maximum absolute atomic E-state index is 2.65. The van der Waals surface area contributed by atoms with Crippen LogP contribution in [0.3, 0.4) is 0 Å². The van der Waals surface area contributed by atoms with E-state index in [0.717, 1.165) is 11.8 Å².